The number of carbonyl (C=O) groups excluding carboxylic acids is 2. The summed E-state index contributed by atoms with van der Waals surface area (Å²) >= 11 is 10.1. The van der Waals surface area contributed by atoms with Crippen molar-refractivity contribution < 1.29 is 23.8 Å². The molecule has 6 nitrogen and oxygen atoms in total. The number of thioether (sulfide) groups is 1. The highest BCUT2D eigenvalue weighted by atomic mass is 79.9. The Bertz CT molecular complexity index is 1090. The quantitative estimate of drug-likeness (QED) is 0.264. The third-order valence-corrected chi connectivity index (χ3v) is 6.79. The van der Waals surface area contributed by atoms with Crippen LogP contribution in [0.1, 0.15) is 23.1 Å². The van der Waals surface area contributed by atoms with Crippen LogP contribution in [0.4, 0.5) is 0 Å². The van der Waals surface area contributed by atoms with E-state index in [0.29, 0.717) is 31.8 Å². The third kappa shape index (κ3) is 5.70. The summed E-state index contributed by atoms with van der Waals surface area (Å²) in [4.78, 5) is 26.0. The van der Waals surface area contributed by atoms with Crippen molar-refractivity contribution >= 4 is 62.2 Å². The zero-order chi connectivity index (χ0) is 23.3. The number of aryl methyl sites for hydroxylation is 1. The molecule has 0 bridgehead atoms. The van der Waals surface area contributed by atoms with Gasteiger partial charge in [0.2, 0.25) is 0 Å². The summed E-state index contributed by atoms with van der Waals surface area (Å²) in [5.41, 5.74) is 2.99. The summed E-state index contributed by atoms with van der Waals surface area (Å²) in [7, 11) is 2.88. The highest BCUT2D eigenvalue weighted by Crippen LogP contribution is 2.39. The Hall–Kier alpha value is -2.36. The first-order valence-electron chi connectivity index (χ1n) is 9.71. The number of benzene rings is 2. The number of hydrogen-bond acceptors (Lipinski definition) is 7. The summed E-state index contributed by atoms with van der Waals surface area (Å²) in [5.74, 6) is 0.496. The van der Waals surface area contributed by atoms with Crippen LogP contribution in [0, 0.1) is 6.92 Å². The molecule has 0 aliphatic carbocycles. The van der Waals surface area contributed by atoms with E-state index in [1.807, 2.05) is 37.3 Å². The molecule has 2 aromatic rings. The molecule has 1 fully saturated rings. The molecule has 9 heteroatoms. The second-order valence-electron chi connectivity index (χ2n) is 6.91. The van der Waals surface area contributed by atoms with E-state index in [1.54, 1.807) is 19.3 Å². The van der Waals surface area contributed by atoms with Gasteiger partial charge in [0.1, 0.15) is 10.9 Å². The van der Waals surface area contributed by atoms with Gasteiger partial charge in [0, 0.05) is 6.54 Å². The number of carbonyl (C=O) groups is 2. The lowest BCUT2D eigenvalue weighted by molar-refractivity contribution is -0.140. The predicted molar refractivity (Wildman–Crippen MR) is 133 cm³/mol. The van der Waals surface area contributed by atoms with E-state index in [1.165, 1.54) is 23.8 Å². The molecule has 0 N–H and O–H groups in total. The molecule has 32 heavy (non-hydrogen) atoms. The van der Waals surface area contributed by atoms with Gasteiger partial charge < -0.3 is 14.2 Å². The van der Waals surface area contributed by atoms with Crippen LogP contribution in [-0.4, -0.2) is 41.9 Å². The molecule has 2 aromatic carbocycles. The van der Waals surface area contributed by atoms with E-state index >= 15 is 0 Å². The molecule has 0 unspecified atom stereocenters. The fourth-order valence-electron chi connectivity index (χ4n) is 3.03. The summed E-state index contributed by atoms with van der Waals surface area (Å²) in [6, 6.07) is 11.7. The summed E-state index contributed by atoms with van der Waals surface area (Å²) < 4.78 is 17.3. The normalized spacial score (nSPS) is 14.8. The van der Waals surface area contributed by atoms with Crippen molar-refractivity contribution in [1.29, 1.82) is 0 Å². The van der Waals surface area contributed by atoms with E-state index in [0.717, 1.165) is 16.7 Å². The number of ether oxygens (including phenoxy) is 3. The number of thiocarbonyl (C=S) groups is 1. The molecule has 0 spiro atoms. The van der Waals surface area contributed by atoms with Crippen LogP contribution in [-0.2, 0) is 20.9 Å². The van der Waals surface area contributed by atoms with Crippen LogP contribution in [0.5, 0.6) is 11.5 Å². The minimum Gasteiger partial charge on any atom is -0.493 e. The molecule has 0 saturated carbocycles. The molecule has 1 aliphatic rings. The average molecular weight is 536 g/mol. The lowest BCUT2D eigenvalue weighted by Crippen LogP contribution is -2.30. The van der Waals surface area contributed by atoms with Crippen LogP contribution in [0.25, 0.3) is 6.08 Å². The van der Waals surface area contributed by atoms with Crippen molar-refractivity contribution in [3.63, 3.8) is 0 Å². The zero-order valence-corrected chi connectivity index (χ0v) is 21.1. The summed E-state index contributed by atoms with van der Waals surface area (Å²) in [6.07, 6.45) is 1.83. The molecule has 1 saturated heterocycles. The van der Waals surface area contributed by atoms with Crippen molar-refractivity contribution in [1.82, 2.24) is 4.90 Å². The van der Waals surface area contributed by atoms with Gasteiger partial charge in [-0.15, -0.1) is 0 Å². The van der Waals surface area contributed by atoms with Gasteiger partial charge in [-0.3, -0.25) is 14.5 Å². The average Bonchev–Trinajstić information content (AvgIpc) is 3.04. The highest BCUT2D eigenvalue weighted by molar-refractivity contribution is 9.10. The maximum atomic E-state index is 12.7. The van der Waals surface area contributed by atoms with Crippen LogP contribution in [0.2, 0.25) is 0 Å². The van der Waals surface area contributed by atoms with Gasteiger partial charge in [0.05, 0.1) is 30.0 Å². The number of esters is 1. The second kappa shape index (κ2) is 11.0. The van der Waals surface area contributed by atoms with Crippen LogP contribution in [0.15, 0.2) is 45.8 Å². The number of nitrogens with zero attached hydrogens (tertiary/aromatic N) is 1. The van der Waals surface area contributed by atoms with Gasteiger partial charge in [0.25, 0.3) is 5.91 Å². The molecule has 1 amide bonds. The fraction of sp³-hybridized carbons (Fsp3) is 0.261. The van der Waals surface area contributed by atoms with Crippen LogP contribution < -0.4 is 9.47 Å². The monoisotopic (exact) mass is 535 g/mol. The van der Waals surface area contributed by atoms with E-state index in [2.05, 4.69) is 20.7 Å². The van der Waals surface area contributed by atoms with E-state index in [4.69, 9.17) is 21.7 Å². The first-order chi connectivity index (χ1) is 15.3. The maximum Gasteiger partial charge on any atom is 0.307 e. The Morgan fingerprint density at radius 3 is 2.69 bits per heavy atom. The molecule has 1 aliphatic heterocycles. The van der Waals surface area contributed by atoms with Crippen LogP contribution >= 0.6 is 39.9 Å². The lowest BCUT2D eigenvalue weighted by Gasteiger charge is -2.15. The maximum absolute atomic E-state index is 12.7. The Morgan fingerprint density at radius 2 is 2.00 bits per heavy atom. The summed E-state index contributed by atoms with van der Waals surface area (Å²) in [5, 5.41) is 0. The molecular formula is C23H22BrNO5S2. The second-order valence-corrected chi connectivity index (χ2v) is 9.44. The Morgan fingerprint density at radius 1 is 1.25 bits per heavy atom. The Balaban J connectivity index is 1.79. The van der Waals surface area contributed by atoms with Gasteiger partial charge in [-0.1, -0.05) is 48.2 Å². The third-order valence-electron chi connectivity index (χ3n) is 4.82. The highest BCUT2D eigenvalue weighted by Gasteiger charge is 2.32. The molecule has 0 radical (unpaired) electrons. The largest absolute Gasteiger partial charge is 0.493 e. The van der Waals surface area contributed by atoms with E-state index < -0.39 is 5.97 Å². The van der Waals surface area contributed by atoms with Crippen molar-refractivity contribution in [3.8, 4) is 11.5 Å². The van der Waals surface area contributed by atoms with E-state index in [-0.39, 0.29) is 18.9 Å². The number of amides is 1. The van der Waals surface area contributed by atoms with Gasteiger partial charge >= 0.3 is 5.97 Å². The smallest absolute Gasteiger partial charge is 0.307 e. The molecule has 0 aromatic heterocycles. The molecule has 3 rings (SSSR count). The summed E-state index contributed by atoms with van der Waals surface area (Å²) in [6.45, 7) is 2.63. The minimum atomic E-state index is -0.391. The topological polar surface area (TPSA) is 65.1 Å². The van der Waals surface area contributed by atoms with Crippen LogP contribution in [0.3, 0.4) is 0 Å². The van der Waals surface area contributed by atoms with Crippen molar-refractivity contribution in [2.24, 2.45) is 0 Å². The number of methoxy groups -OCH3 is 2. The van der Waals surface area contributed by atoms with Crippen molar-refractivity contribution in [3.05, 3.63) is 62.5 Å². The fourth-order valence-corrected chi connectivity index (χ4v) is 4.92. The van der Waals surface area contributed by atoms with Crippen molar-refractivity contribution in [2.75, 3.05) is 20.8 Å². The van der Waals surface area contributed by atoms with E-state index in [9.17, 15) is 9.59 Å². The van der Waals surface area contributed by atoms with Gasteiger partial charge in [-0.05, 0) is 57.8 Å². The van der Waals surface area contributed by atoms with Gasteiger partial charge in [-0.25, -0.2) is 0 Å². The first-order valence-corrected chi connectivity index (χ1v) is 11.7. The predicted octanol–water partition coefficient (Wildman–Crippen LogP) is 5.11. The standard InChI is InChI=1S/C23H22BrNO5S2/c1-14-6-4-5-7-16(14)13-30-21-17(24)10-15(11-18(21)28-2)12-19-22(27)25(23(31)32-19)9-8-20(26)29-3/h4-7,10-12H,8-9,13H2,1-3H3/b19-12-. The number of halogens is 1. The molecule has 168 valence electrons. The lowest BCUT2D eigenvalue weighted by atomic mass is 10.1. The number of hydrogen-bond donors (Lipinski definition) is 0. The SMILES string of the molecule is COC(=O)CCN1C(=O)/C(=C/c2cc(Br)c(OCc3ccccc3C)c(OC)c2)SC1=S. The Labute approximate surface area is 205 Å². The first kappa shape index (κ1) is 24.3. The molecular weight excluding hydrogens is 514 g/mol. The molecule has 0 atom stereocenters. The Kier molecular flexibility index (Phi) is 8.33. The minimum absolute atomic E-state index is 0.0858. The van der Waals surface area contributed by atoms with Gasteiger partial charge in [0.15, 0.2) is 11.5 Å². The van der Waals surface area contributed by atoms with Crippen molar-refractivity contribution in [2.45, 2.75) is 20.0 Å². The number of rotatable bonds is 8. The zero-order valence-electron chi connectivity index (χ0n) is 17.8. The molecule has 1 heterocycles. The van der Waals surface area contributed by atoms with Gasteiger partial charge in [-0.2, -0.15) is 0 Å².